The molecular formula is C11H13ClF3NO2. The number of benzene rings is 1. The van der Waals surface area contributed by atoms with E-state index in [1.807, 2.05) is 0 Å². The lowest BCUT2D eigenvalue weighted by atomic mass is 10.1. The molecular weight excluding hydrogens is 271 g/mol. The molecule has 1 aliphatic heterocycles. The van der Waals surface area contributed by atoms with Crippen LogP contribution >= 0.6 is 12.4 Å². The van der Waals surface area contributed by atoms with E-state index in [-0.39, 0.29) is 24.2 Å². The van der Waals surface area contributed by atoms with Gasteiger partial charge in [0.05, 0.1) is 19.3 Å². The molecule has 1 atom stereocenters. The molecule has 3 nitrogen and oxygen atoms in total. The molecule has 1 heterocycles. The number of hydrogen-bond donors (Lipinski definition) is 1. The molecule has 102 valence electrons. The molecule has 1 fully saturated rings. The van der Waals surface area contributed by atoms with Crippen LogP contribution in [0.5, 0.6) is 5.75 Å². The number of hydrogen-bond acceptors (Lipinski definition) is 3. The Hall–Kier alpha value is -0.980. The normalized spacial score (nSPS) is 20.1. The molecule has 1 saturated heterocycles. The molecule has 2 rings (SSSR count). The highest BCUT2D eigenvalue weighted by atomic mass is 35.5. The van der Waals surface area contributed by atoms with Crippen molar-refractivity contribution in [1.29, 1.82) is 0 Å². The highest BCUT2D eigenvalue weighted by Crippen LogP contribution is 2.30. The van der Waals surface area contributed by atoms with Crippen molar-refractivity contribution < 1.29 is 22.6 Å². The third-order valence-electron chi connectivity index (χ3n) is 2.44. The van der Waals surface area contributed by atoms with Gasteiger partial charge in [-0.25, -0.2) is 0 Å². The maximum absolute atomic E-state index is 12.2. The lowest BCUT2D eigenvalue weighted by Crippen LogP contribution is -2.35. The first kappa shape index (κ1) is 15.1. The zero-order valence-electron chi connectivity index (χ0n) is 9.37. The molecule has 18 heavy (non-hydrogen) atoms. The van der Waals surface area contributed by atoms with E-state index in [1.54, 1.807) is 12.1 Å². The van der Waals surface area contributed by atoms with Gasteiger partial charge in [0.15, 0.2) is 0 Å². The Bertz CT molecular complexity index is 381. The average Bonchev–Trinajstić information content (AvgIpc) is 2.29. The molecule has 0 amide bonds. The highest BCUT2D eigenvalue weighted by molar-refractivity contribution is 5.85. The van der Waals surface area contributed by atoms with Gasteiger partial charge < -0.3 is 14.8 Å². The van der Waals surface area contributed by atoms with Crippen molar-refractivity contribution >= 4 is 12.4 Å². The van der Waals surface area contributed by atoms with Crippen molar-refractivity contribution in [2.75, 3.05) is 19.8 Å². The molecule has 0 aromatic heterocycles. The average molecular weight is 284 g/mol. The van der Waals surface area contributed by atoms with Gasteiger partial charge in [-0.15, -0.1) is 25.6 Å². The first-order valence-electron chi connectivity index (χ1n) is 5.22. The summed E-state index contributed by atoms with van der Waals surface area (Å²) in [6.07, 6.45) is -4.67. The fourth-order valence-corrected chi connectivity index (χ4v) is 1.75. The van der Waals surface area contributed by atoms with Crippen LogP contribution in [0.2, 0.25) is 0 Å². The first-order chi connectivity index (χ1) is 8.06. The Labute approximate surface area is 109 Å². The Kier molecular flexibility index (Phi) is 5.25. The number of ether oxygens (including phenoxy) is 2. The van der Waals surface area contributed by atoms with Crippen LogP contribution in [-0.2, 0) is 4.74 Å². The summed E-state index contributed by atoms with van der Waals surface area (Å²) in [5.74, 6) is -0.178. The second-order valence-corrected chi connectivity index (χ2v) is 3.67. The molecule has 1 aliphatic rings. The van der Waals surface area contributed by atoms with Gasteiger partial charge in [-0.2, -0.15) is 0 Å². The molecule has 1 aromatic carbocycles. The lowest BCUT2D eigenvalue weighted by Gasteiger charge is -2.26. The predicted molar refractivity (Wildman–Crippen MR) is 61.9 cm³/mol. The Morgan fingerprint density at radius 3 is 2.61 bits per heavy atom. The van der Waals surface area contributed by atoms with Gasteiger partial charge in [0.2, 0.25) is 0 Å². The van der Waals surface area contributed by atoms with Crippen molar-refractivity contribution in [3.63, 3.8) is 0 Å². The van der Waals surface area contributed by atoms with Gasteiger partial charge in [-0.3, -0.25) is 0 Å². The van der Waals surface area contributed by atoms with E-state index in [4.69, 9.17) is 4.74 Å². The third-order valence-corrected chi connectivity index (χ3v) is 2.44. The summed E-state index contributed by atoms with van der Waals surface area (Å²) in [5, 5.41) is 3.09. The van der Waals surface area contributed by atoms with E-state index in [0.29, 0.717) is 25.3 Å². The molecule has 1 N–H and O–H groups in total. The minimum Gasteiger partial charge on any atom is -0.405 e. The summed E-state index contributed by atoms with van der Waals surface area (Å²) in [4.78, 5) is 0. The van der Waals surface area contributed by atoms with Gasteiger partial charge in [0.25, 0.3) is 0 Å². The molecule has 0 saturated carbocycles. The van der Waals surface area contributed by atoms with Crippen LogP contribution in [0.1, 0.15) is 11.6 Å². The molecule has 1 unspecified atom stereocenters. The molecule has 7 heteroatoms. The van der Waals surface area contributed by atoms with Gasteiger partial charge in [0.1, 0.15) is 5.75 Å². The van der Waals surface area contributed by atoms with Crippen LogP contribution < -0.4 is 10.1 Å². The summed E-state index contributed by atoms with van der Waals surface area (Å²) in [5.41, 5.74) is 0.463. The van der Waals surface area contributed by atoms with Crippen LogP contribution in [0, 0.1) is 0 Å². The number of morpholine rings is 1. The van der Waals surface area contributed by atoms with E-state index in [0.717, 1.165) is 0 Å². The number of halogens is 4. The van der Waals surface area contributed by atoms with E-state index >= 15 is 0 Å². The summed E-state index contributed by atoms with van der Waals surface area (Å²) in [6.45, 7) is 1.53. The Morgan fingerprint density at radius 2 is 2.00 bits per heavy atom. The van der Waals surface area contributed by atoms with E-state index in [2.05, 4.69) is 10.1 Å². The quantitative estimate of drug-likeness (QED) is 0.905. The Balaban J connectivity index is 0.00000162. The predicted octanol–water partition coefficient (Wildman–Crippen LogP) is 2.67. The lowest BCUT2D eigenvalue weighted by molar-refractivity contribution is -0.275. The van der Waals surface area contributed by atoms with Gasteiger partial charge in [0, 0.05) is 12.1 Å². The smallest absolute Gasteiger partial charge is 0.405 e. The monoisotopic (exact) mass is 283 g/mol. The van der Waals surface area contributed by atoms with Crippen LogP contribution in [0.4, 0.5) is 13.2 Å². The Morgan fingerprint density at radius 1 is 1.28 bits per heavy atom. The van der Waals surface area contributed by atoms with Crippen molar-refractivity contribution in [3.05, 3.63) is 29.8 Å². The van der Waals surface area contributed by atoms with Gasteiger partial charge in [-0.05, 0) is 6.07 Å². The fraction of sp³-hybridized carbons (Fsp3) is 0.455. The van der Waals surface area contributed by atoms with Crippen molar-refractivity contribution in [2.45, 2.75) is 12.4 Å². The molecule has 0 aliphatic carbocycles. The topological polar surface area (TPSA) is 30.5 Å². The van der Waals surface area contributed by atoms with Crippen LogP contribution in [0.15, 0.2) is 24.3 Å². The van der Waals surface area contributed by atoms with Crippen LogP contribution in [0.25, 0.3) is 0 Å². The second kappa shape index (κ2) is 6.26. The van der Waals surface area contributed by atoms with E-state index in [1.165, 1.54) is 12.1 Å². The van der Waals surface area contributed by atoms with Gasteiger partial charge >= 0.3 is 6.36 Å². The maximum atomic E-state index is 12.2. The fourth-order valence-electron chi connectivity index (χ4n) is 1.75. The summed E-state index contributed by atoms with van der Waals surface area (Å²) < 4.78 is 45.9. The first-order valence-corrected chi connectivity index (χ1v) is 5.22. The second-order valence-electron chi connectivity index (χ2n) is 3.67. The van der Waals surface area contributed by atoms with Crippen molar-refractivity contribution in [2.24, 2.45) is 0 Å². The van der Waals surface area contributed by atoms with E-state index < -0.39 is 6.36 Å². The highest BCUT2D eigenvalue weighted by Gasteiger charge is 2.33. The van der Waals surface area contributed by atoms with Gasteiger partial charge in [-0.1, -0.05) is 18.2 Å². The zero-order chi connectivity index (χ0) is 12.3. The molecule has 0 spiro atoms. The third kappa shape index (κ3) is 4.04. The number of rotatable bonds is 2. The number of nitrogens with one attached hydrogen (secondary N) is 1. The minimum atomic E-state index is -4.67. The van der Waals surface area contributed by atoms with E-state index in [9.17, 15) is 13.2 Å². The van der Waals surface area contributed by atoms with Crippen molar-refractivity contribution in [3.8, 4) is 5.75 Å². The van der Waals surface area contributed by atoms with Crippen LogP contribution in [0.3, 0.4) is 0 Å². The summed E-state index contributed by atoms with van der Waals surface area (Å²) in [7, 11) is 0. The number of para-hydroxylation sites is 1. The van der Waals surface area contributed by atoms with Crippen LogP contribution in [-0.4, -0.2) is 26.1 Å². The molecule has 0 radical (unpaired) electrons. The zero-order valence-corrected chi connectivity index (χ0v) is 10.2. The van der Waals surface area contributed by atoms with Crippen molar-refractivity contribution in [1.82, 2.24) is 5.32 Å². The minimum absolute atomic E-state index is 0. The largest absolute Gasteiger partial charge is 0.573 e. The SMILES string of the molecule is Cl.FC(F)(F)Oc1ccccc1C1COCCN1. The number of alkyl halides is 3. The summed E-state index contributed by atoms with van der Waals surface area (Å²) >= 11 is 0. The standard InChI is InChI=1S/C11H12F3NO2.ClH/c12-11(13,14)17-10-4-2-1-3-8(10)9-7-16-6-5-15-9;/h1-4,9,15H,5-7H2;1H. The maximum Gasteiger partial charge on any atom is 0.573 e. The molecule has 0 bridgehead atoms. The molecule has 1 aromatic rings. The summed E-state index contributed by atoms with van der Waals surface area (Å²) in [6, 6.07) is 5.83.